The number of carbonyl (C=O) groups is 7. The van der Waals surface area contributed by atoms with E-state index in [4.69, 9.17) is 15.6 Å². The van der Waals surface area contributed by atoms with Crippen LogP contribution in [0.15, 0.2) is 54.7 Å². The van der Waals surface area contributed by atoms with Crippen molar-refractivity contribution in [1.82, 2.24) is 40.5 Å². The number of fused-ring (bicyclic) bond motifs is 1. The third kappa shape index (κ3) is 31.2. The Hall–Kier alpha value is -6.68. The van der Waals surface area contributed by atoms with E-state index < -0.39 is 52.7 Å². The lowest BCUT2D eigenvalue weighted by atomic mass is 10.1. The quantitative estimate of drug-likeness (QED) is 0.0320. The molecule has 27 heteroatoms. The first-order valence-electron chi connectivity index (χ1n) is 26.7. The number of carboxylic acids is 3. The van der Waals surface area contributed by atoms with Crippen molar-refractivity contribution >= 4 is 62.9 Å². The van der Waals surface area contributed by atoms with E-state index in [-0.39, 0.29) is 69.6 Å². The number of aromatic nitrogens is 1. The second-order valence-corrected chi connectivity index (χ2v) is 19.7. The number of aliphatic carboxylic acids is 3. The lowest BCUT2D eigenvalue weighted by molar-refractivity contribution is -0.140. The van der Waals surface area contributed by atoms with Crippen LogP contribution >= 0.6 is 0 Å². The number of alkyl halides is 2. The van der Waals surface area contributed by atoms with Gasteiger partial charge in [-0.15, -0.1) is 0 Å². The molecule has 0 saturated carbocycles. The minimum Gasteiger partial charge on any atom is -0.494 e. The molecule has 1 saturated heterocycles. The molecule has 1 fully saturated rings. The number of carbonyl (C=O) groups excluding carboxylic acids is 4. The van der Waals surface area contributed by atoms with Crippen LogP contribution in [-0.2, 0) is 45.7 Å². The highest BCUT2D eigenvalue weighted by Gasteiger charge is 2.40. The molecular formula is C53H80F3N9O14S. The van der Waals surface area contributed by atoms with E-state index in [0.717, 1.165) is 30.6 Å². The number of hydrogen-bond donors (Lipinski definition) is 7. The van der Waals surface area contributed by atoms with Crippen LogP contribution < -0.4 is 30.6 Å². The summed E-state index contributed by atoms with van der Waals surface area (Å²) >= 11 is 0. The fourth-order valence-corrected chi connectivity index (χ4v) is 8.17. The maximum absolute atomic E-state index is 13.2. The van der Waals surface area contributed by atoms with Crippen LogP contribution in [0.25, 0.3) is 10.9 Å². The zero-order valence-electron chi connectivity index (χ0n) is 46.0. The average molecular weight is 1160 g/mol. The number of hydrogen-bond acceptors (Lipinski definition) is 16. The van der Waals surface area contributed by atoms with Gasteiger partial charge in [0.15, 0.2) is 0 Å². The smallest absolute Gasteiger partial charge is 0.488 e. The summed E-state index contributed by atoms with van der Waals surface area (Å²) in [5.74, 6) is -6.43. The summed E-state index contributed by atoms with van der Waals surface area (Å²) in [7, 11) is -5.12. The van der Waals surface area contributed by atoms with Crippen LogP contribution in [0.2, 0.25) is 0 Å². The summed E-state index contributed by atoms with van der Waals surface area (Å²) in [5, 5.41) is 35.1. The molecule has 4 rings (SSSR count). The zero-order chi connectivity index (χ0) is 59.5. The number of likely N-dealkylation sites (tertiary alicyclic amines) is 1. The zero-order valence-corrected chi connectivity index (χ0v) is 46.8. The number of nitrogens with zero attached hydrogens (tertiary/aromatic N) is 5. The largest absolute Gasteiger partial charge is 0.494 e. The molecule has 80 heavy (non-hydrogen) atoms. The van der Waals surface area contributed by atoms with Gasteiger partial charge in [-0.2, -0.15) is 8.42 Å². The maximum Gasteiger partial charge on any atom is 0.488 e. The first-order valence-corrected chi connectivity index (χ1v) is 28.0. The second-order valence-electron chi connectivity index (χ2n) is 18.7. The van der Waals surface area contributed by atoms with Gasteiger partial charge in [-0.05, 0) is 100 Å². The number of aryl methyl sites for hydroxylation is 1. The number of nitrogens with two attached hydrogens (primary N) is 1. The van der Waals surface area contributed by atoms with Gasteiger partial charge in [0.25, 0.3) is 11.8 Å². The number of carboxylic acid groups (broad SMARTS) is 3. The third-order valence-corrected chi connectivity index (χ3v) is 12.3. The van der Waals surface area contributed by atoms with Crippen molar-refractivity contribution in [3.8, 4) is 11.5 Å². The lowest BCUT2D eigenvalue weighted by Gasteiger charge is -2.28. The van der Waals surface area contributed by atoms with Crippen molar-refractivity contribution in [3.05, 3.63) is 65.9 Å². The number of pyridine rings is 1. The highest BCUT2D eigenvalue weighted by atomic mass is 32.3. The minimum atomic E-state index is -5.12. The van der Waals surface area contributed by atoms with E-state index in [9.17, 15) is 64.9 Å². The lowest BCUT2D eigenvalue weighted by Crippen LogP contribution is -2.45. The van der Waals surface area contributed by atoms with Gasteiger partial charge in [0, 0.05) is 76.7 Å². The molecule has 1 aliphatic heterocycles. The van der Waals surface area contributed by atoms with Crippen LogP contribution in [0.3, 0.4) is 0 Å². The molecule has 2 heterocycles. The van der Waals surface area contributed by atoms with Crippen molar-refractivity contribution in [2.24, 2.45) is 5.73 Å². The standard InChI is InChI=1S/C31H52FN5O9S.C19H22F2N4O3.C3H6O2/c1-3-5-8-17-36(24-30(40)41)19-21-37(25-31(42)43)20-18-35(16-4-2)23-29(39)34-15-7-6-14-33-28(38)13-12-26-10-9-11-27(22-26)46-47(32,44)45;20-19(21)5-8-25(12-19)17(26)11-24-18(27)14-4-7-23-16-3-2-13(10-15(14)16)28-9-1-6-22;1-2-3(4)5/h9-11,22H,3-8,12-21,23-25H2,1-2H3,(H,33,38)(H,34,39)(H,40,41)(H,42,43);2-4,7,10H,1,5-6,8-9,11-12,22H2,(H,24,27);2H2,1H3,(H,4,5). The molecule has 4 amide bonds. The SMILES string of the molecule is CCC(=O)O.CCCCCN(CCN(CCN(CCC)CC(=O)NCCCCNC(=O)CCc1cccc(OS(=O)(=O)F)c1)CC(=O)O)CC(=O)O.NCCCOc1ccc2nccc(C(=O)NCC(=O)N3CCC(F)(F)C3)c2c1. The van der Waals surface area contributed by atoms with Gasteiger partial charge >= 0.3 is 28.4 Å². The van der Waals surface area contributed by atoms with Gasteiger partial charge in [-0.1, -0.05) is 49.6 Å². The van der Waals surface area contributed by atoms with Crippen molar-refractivity contribution < 1.29 is 78.9 Å². The summed E-state index contributed by atoms with van der Waals surface area (Å²) in [6.45, 7) is 9.49. The molecule has 448 valence electrons. The summed E-state index contributed by atoms with van der Waals surface area (Å²) in [6, 6.07) is 12.6. The summed E-state index contributed by atoms with van der Waals surface area (Å²) in [5.41, 5.74) is 7.00. The number of ether oxygens (including phenoxy) is 1. The molecule has 23 nitrogen and oxygen atoms in total. The maximum atomic E-state index is 13.2. The van der Waals surface area contributed by atoms with E-state index in [1.165, 1.54) is 30.5 Å². The molecule has 3 aromatic rings. The summed E-state index contributed by atoms with van der Waals surface area (Å²) in [6.07, 6.45) is 7.54. The van der Waals surface area contributed by atoms with E-state index in [2.05, 4.69) is 32.0 Å². The highest BCUT2D eigenvalue weighted by Crippen LogP contribution is 2.27. The molecule has 0 bridgehead atoms. The second kappa shape index (κ2) is 38.1. The van der Waals surface area contributed by atoms with Crippen LogP contribution in [-0.4, -0.2) is 201 Å². The molecule has 0 unspecified atom stereocenters. The Labute approximate surface area is 466 Å². The van der Waals surface area contributed by atoms with Crippen molar-refractivity contribution in [2.75, 3.05) is 105 Å². The Bertz CT molecular complexity index is 2530. The van der Waals surface area contributed by atoms with E-state index in [0.29, 0.717) is 119 Å². The van der Waals surface area contributed by atoms with Gasteiger partial charge < -0.3 is 50.8 Å². The number of benzene rings is 2. The Morgan fingerprint density at radius 2 is 1.36 bits per heavy atom. The average Bonchev–Trinajstić information content (AvgIpc) is 3.77. The van der Waals surface area contributed by atoms with Gasteiger partial charge in [0.05, 0.1) is 50.4 Å². The molecule has 0 atom stereocenters. The first-order chi connectivity index (χ1) is 38.0. The van der Waals surface area contributed by atoms with Gasteiger partial charge in [-0.3, -0.25) is 53.2 Å². The molecule has 2 aromatic carbocycles. The Kier molecular flexibility index (Phi) is 33.0. The molecule has 0 spiro atoms. The van der Waals surface area contributed by atoms with Gasteiger partial charge in [-0.25, -0.2) is 8.78 Å². The number of nitrogens with one attached hydrogen (secondary N) is 3. The first kappa shape index (κ1) is 69.4. The van der Waals surface area contributed by atoms with Crippen LogP contribution in [0.1, 0.15) is 101 Å². The van der Waals surface area contributed by atoms with E-state index >= 15 is 0 Å². The summed E-state index contributed by atoms with van der Waals surface area (Å²) < 4.78 is 70.3. The monoisotopic (exact) mass is 1160 g/mol. The molecular weight excluding hydrogens is 1080 g/mol. The normalized spacial score (nSPS) is 12.8. The topological polar surface area (TPSA) is 321 Å². The van der Waals surface area contributed by atoms with Gasteiger partial charge in [0.1, 0.15) is 11.5 Å². The highest BCUT2D eigenvalue weighted by molar-refractivity contribution is 7.81. The Balaban J connectivity index is 0.000000555. The Morgan fingerprint density at radius 3 is 1.93 bits per heavy atom. The van der Waals surface area contributed by atoms with Crippen LogP contribution in [0.4, 0.5) is 12.7 Å². The van der Waals surface area contributed by atoms with Crippen LogP contribution in [0, 0.1) is 0 Å². The molecule has 0 aliphatic carbocycles. The number of rotatable bonds is 36. The number of unbranched alkanes of at least 4 members (excludes halogenated alkanes) is 3. The predicted octanol–water partition coefficient (Wildman–Crippen LogP) is 3.94. The van der Waals surface area contributed by atoms with Crippen LogP contribution in [0.5, 0.6) is 11.5 Å². The molecule has 8 N–H and O–H groups in total. The fourth-order valence-electron chi connectivity index (χ4n) is 7.84. The molecule has 1 aromatic heterocycles. The third-order valence-electron chi connectivity index (χ3n) is 12.0. The number of amides is 4. The Morgan fingerprint density at radius 1 is 0.738 bits per heavy atom. The van der Waals surface area contributed by atoms with E-state index in [1.54, 1.807) is 36.1 Å². The molecule has 0 radical (unpaired) electrons. The van der Waals surface area contributed by atoms with Crippen molar-refractivity contribution in [1.29, 1.82) is 0 Å². The van der Waals surface area contributed by atoms with Crippen molar-refractivity contribution in [2.45, 2.75) is 97.3 Å². The predicted molar refractivity (Wildman–Crippen MR) is 292 cm³/mol. The van der Waals surface area contributed by atoms with Gasteiger partial charge in [0.2, 0.25) is 17.7 Å². The van der Waals surface area contributed by atoms with E-state index in [1.807, 2.05) is 16.7 Å². The fraction of sp³-hybridized carbons (Fsp3) is 0.585. The number of halogens is 3. The van der Waals surface area contributed by atoms with Crippen molar-refractivity contribution in [3.63, 3.8) is 0 Å². The molecule has 1 aliphatic rings. The summed E-state index contributed by atoms with van der Waals surface area (Å²) in [4.78, 5) is 92.4. The minimum absolute atomic E-state index is 0.0105.